The second-order valence-corrected chi connectivity index (χ2v) is 4.57. The number of carbonyl (C=O) groups is 1. The Morgan fingerprint density at radius 3 is 2.84 bits per heavy atom. The van der Waals surface area contributed by atoms with Crippen molar-refractivity contribution in [1.29, 1.82) is 0 Å². The SMILES string of the molecule is Cc1cc([N+](=O)[O-])n(CC(=O)NCCCN(C)C)n1. The normalized spacial score (nSPS) is 10.7. The first-order chi connectivity index (χ1) is 8.90. The molecule has 19 heavy (non-hydrogen) atoms. The highest BCUT2D eigenvalue weighted by Crippen LogP contribution is 2.12. The van der Waals surface area contributed by atoms with Gasteiger partial charge in [0.05, 0.1) is 11.8 Å². The molecule has 8 nitrogen and oxygen atoms in total. The van der Waals surface area contributed by atoms with E-state index in [-0.39, 0.29) is 18.3 Å². The Morgan fingerprint density at radius 1 is 1.58 bits per heavy atom. The molecule has 1 N–H and O–H groups in total. The van der Waals surface area contributed by atoms with Gasteiger partial charge < -0.3 is 20.3 Å². The fourth-order valence-corrected chi connectivity index (χ4v) is 1.61. The summed E-state index contributed by atoms with van der Waals surface area (Å²) in [5, 5.41) is 17.4. The number of hydrogen-bond donors (Lipinski definition) is 1. The highest BCUT2D eigenvalue weighted by atomic mass is 16.6. The largest absolute Gasteiger partial charge is 0.358 e. The van der Waals surface area contributed by atoms with Crippen molar-refractivity contribution in [1.82, 2.24) is 20.0 Å². The molecule has 0 fully saturated rings. The summed E-state index contributed by atoms with van der Waals surface area (Å²) >= 11 is 0. The predicted octanol–water partition coefficient (Wildman–Crippen LogP) is 0.168. The van der Waals surface area contributed by atoms with Crippen molar-refractivity contribution in [2.75, 3.05) is 27.2 Å². The molecule has 0 bridgehead atoms. The van der Waals surface area contributed by atoms with E-state index in [0.717, 1.165) is 17.6 Å². The second kappa shape index (κ2) is 6.83. The summed E-state index contributed by atoms with van der Waals surface area (Å²) in [5.41, 5.74) is 0.520. The van der Waals surface area contributed by atoms with Gasteiger partial charge >= 0.3 is 5.82 Å². The third-order valence-corrected chi connectivity index (χ3v) is 2.47. The molecule has 1 aromatic rings. The van der Waals surface area contributed by atoms with Crippen molar-refractivity contribution in [2.45, 2.75) is 19.9 Å². The average Bonchev–Trinajstić information content (AvgIpc) is 2.65. The number of amides is 1. The van der Waals surface area contributed by atoms with E-state index >= 15 is 0 Å². The summed E-state index contributed by atoms with van der Waals surface area (Å²) in [5.74, 6) is -0.439. The third-order valence-electron chi connectivity index (χ3n) is 2.47. The van der Waals surface area contributed by atoms with Gasteiger partial charge in [0.25, 0.3) is 5.91 Å². The first kappa shape index (κ1) is 15.1. The Bertz CT molecular complexity index is 455. The van der Waals surface area contributed by atoms with Crippen LogP contribution in [0.1, 0.15) is 12.1 Å². The van der Waals surface area contributed by atoms with Crippen LogP contribution < -0.4 is 5.32 Å². The van der Waals surface area contributed by atoms with E-state index in [1.807, 2.05) is 19.0 Å². The molecule has 1 heterocycles. The van der Waals surface area contributed by atoms with Crippen LogP contribution in [0, 0.1) is 17.0 Å². The van der Waals surface area contributed by atoms with E-state index in [1.54, 1.807) is 6.92 Å². The lowest BCUT2D eigenvalue weighted by Crippen LogP contribution is -2.30. The summed E-state index contributed by atoms with van der Waals surface area (Å²) in [7, 11) is 3.91. The quantitative estimate of drug-likeness (QED) is 0.432. The van der Waals surface area contributed by atoms with Gasteiger partial charge in [0.2, 0.25) is 0 Å². The summed E-state index contributed by atoms with van der Waals surface area (Å²) in [4.78, 5) is 23.9. The topological polar surface area (TPSA) is 93.3 Å². The Balaban J connectivity index is 2.46. The minimum atomic E-state index is -0.542. The number of nitrogens with zero attached hydrogens (tertiary/aromatic N) is 4. The molecule has 1 rings (SSSR count). The van der Waals surface area contributed by atoms with Crippen LogP contribution in [0.15, 0.2) is 6.07 Å². The lowest BCUT2D eigenvalue weighted by atomic mass is 10.4. The molecule has 0 unspecified atom stereocenters. The smallest absolute Gasteiger partial charge is 0.345 e. The number of hydrogen-bond acceptors (Lipinski definition) is 5. The molecule has 0 saturated carbocycles. The molecule has 0 aliphatic heterocycles. The molecule has 0 aliphatic rings. The molecule has 0 atom stereocenters. The average molecular weight is 269 g/mol. The van der Waals surface area contributed by atoms with Gasteiger partial charge in [-0.25, -0.2) is 0 Å². The van der Waals surface area contributed by atoms with Gasteiger partial charge in [0, 0.05) is 6.54 Å². The Morgan fingerprint density at radius 2 is 2.26 bits per heavy atom. The molecule has 0 aliphatic carbocycles. The van der Waals surface area contributed by atoms with Crippen LogP contribution in [0.4, 0.5) is 5.82 Å². The summed E-state index contributed by atoms with van der Waals surface area (Å²) in [6.45, 7) is 2.94. The van der Waals surface area contributed by atoms with Crippen LogP contribution in [0.2, 0.25) is 0 Å². The summed E-state index contributed by atoms with van der Waals surface area (Å²) < 4.78 is 1.11. The van der Waals surface area contributed by atoms with Gasteiger partial charge in [-0.1, -0.05) is 5.10 Å². The molecule has 1 amide bonds. The van der Waals surface area contributed by atoms with Crippen molar-refractivity contribution in [3.05, 3.63) is 21.9 Å². The molecule has 0 aromatic carbocycles. The zero-order chi connectivity index (χ0) is 14.4. The zero-order valence-electron chi connectivity index (χ0n) is 11.4. The third kappa shape index (κ3) is 5.04. The van der Waals surface area contributed by atoms with Crippen molar-refractivity contribution in [3.8, 4) is 0 Å². The highest BCUT2D eigenvalue weighted by molar-refractivity contribution is 5.75. The minimum Gasteiger partial charge on any atom is -0.358 e. The summed E-state index contributed by atoms with van der Waals surface area (Å²) in [6, 6.07) is 1.35. The van der Waals surface area contributed by atoms with E-state index in [0.29, 0.717) is 12.2 Å². The lowest BCUT2D eigenvalue weighted by molar-refractivity contribution is -0.392. The lowest BCUT2D eigenvalue weighted by Gasteiger charge is -2.09. The second-order valence-electron chi connectivity index (χ2n) is 4.57. The first-order valence-electron chi connectivity index (χ1n) is 6.00. The van der Waals surface area contributed by atoms with E-state index < -0.39 is 4.92 Å². The molecular formula is C11H19N5O3. The Hall–Kier alpha value is -1.96. The molecular weight excluding hydrogens is 250 g/mol. The standard InChI is InChI=1S/C11H19N5O3/c1-9-7-11(16(18)19)15(13-9)8-10(17)12-5-4-6-14(2)3/h7H,4-6,8H2,1-3H3,(H,12,17). The number of rotatable bonds is 7. The van der Waals surface area contributed by atoms with E-state index in [4.69, 9.17) is 0 Å². The fraction of sp³-hybridized carbons (Fsp3) is 0.636. The monoisotopic (exact) mass is 269 g/mol. The van der Waals surface area contributed by atoms with Gasteiger partial charge in [-0.15, -0.1) is 4.68 Å². The van der Waals surface area contributed by atoms with E-state index in [2.05, 4.69) is 10.4 Å². The highest BCUT2D eigenvalue weighted by Gasteiger charge is 2.18. The molecule has 106 valence electrons. The molecule has 0 radical (unpaired) electrons. The van der Waals surface area contributed by atoms with Gasteiger partial charge in [-0.2, -0.15) is 0 Å². The van der Waals surface area contributed by atoms with Crippen LogP contribution in [-0.2, 0) is 11.3 Å². The summed E-state index contributed by atoms with van der Waals surface area (Å²) in [6.07, 6.45) is 0.832. The molecule has 0 saturated heterocycles. The first-order valence-corrected chi connectivity index (χ1v) is 6.00. The molecule has 8 heteroatoms. The van der Waals surface area contributed by atoms with Crippen LogP contribution in [0.5, 0.6) is 0 Å². The number of carbonyl (C=O) groups excluding carboxylic acids is 1. The van der Waals surface area contributed by atoms with Gasteiger partial charge in [0.15, 0.2) is 6.54 Å². The number of aromatic nitrogens is 2. The Kier molecular flexibility index (Phi) is 5.43. The Labute approximate surface area is 111 Å². The number of aryl methyl sites for hydroxylation is 1. The molecule has 0 spiro atoms. The van der Waals surface area contributed by atoms with Crippen LogP contribution in [0.25, 0.3) is 0 Å². The van der Waals surface area contributed by atoms with Gasteiger partial charge in [-0.05, 0) is 38.9 Å². The van der Waals surface area contributed by atoms with Crippen LogP contribution in [0.3, 0.4) is 0 Å². The maximum atomic E-state index is 11.6. The predicted molar refractivity (Wildman–Crippen MR) is 69.8 cm³/mol. The van der Waals surface area contributed by atoms with Crippen LogP contribution in [-0.4, -0.2) is 52.7 Å². The minimum absolute atomic E-state index is 0.133. The van der Waals surface area contributed by atoms with Gasteiger partial charge in [-0.3, -0.25) is 4.79 Å². The van der Waals surface area contributed by atoms with E-state index in [9.17, 15) is 14.9 Å². The number of nitro groups is 1. The zero-order valence-corrected chi connectivity index (χ0v) is 11.4. The number of nitrogens with one attached hydrogen (secondary N) is 1. The van der Waals surface area contributed by atoms with Crippen molar-refractivity contribution < 1.29 is 9.72 Å². The van der Waals surface area contributed by atoms with E-state index in [1.165, 1.54) is 6.07 Å². The maximum Gasteiger partial charge on any atom is 0.345 e. The molecule has 1 aromatic heterocycles. The van der Waals surface area contributed by atoms with Gasteiger partial charge in [0.1, 0.15) is 0 Å². The van der Waals surface area contributed by atoms with Crippen LogP contribution >= 0.6 is 0 Å². The maximum absolute atomic E-state index is 11.6. The van der Waals surface area contributed by atoms with Crippen molar-refractivity contribution in [2.24, 2.45) is 0 Å². The van der Waals surface area contributed by atoms with Crippen molar-refractivity contribution in [3.63, 3.8) is 0 Å². The van der Waals surface area contributed by atoms with Crippen molar-refractivity contribution >= 4 is 11.7 Å². The fourth-order valence-electron chi connectivity index (χ4n) is 1.61.